The molecule has 2 aliphatic rings. The van der Waals surface area contributed by atoms with Crippen molar-refractivity contribution in [3.8, 4) is 0 Å². The molecule has 0 saturated heterocycles. The second-order valence-electron chi connectivity index (χ2n) is 5.49. The standard InChI is InChI=1S/C13H15Cl2N3S/c1-6(2)7-3-8(4-7)16-11-9(14)5-10(15)12-13(11)18-19-17-12/h5-8,16H,3-4H2,1-2H3. The number of benzene rings is 1. The Kier molecular flexibility index (Phi) is 3.58. The smallest absolute Gasteiger partial charge is 0.130 e. The SMILES string of the molecule is CC(C)C1CC(Nc2c(Cl)cc(Cl)c3c2N=S=N3)C1. The van der Waals surface area contributed by atoms with Crippen molar-refractivity contribution in [1.29, 1.82) is 0 Å². The lowest BCUT2D eigenvalue weighted by Crippen LogP contribution is -2.37. The molecule has 1 fully saturated rings. The van der Waals surface area contributed by atoms with Crippen LogP contribution in [0.25, 0.3) is 0 Å². The Labute approximate surface area is 126 Å². The first kappa shape index (κ1) is 13.4. The molecule has 102 valence electrons. The Bertz CT molecular complexity index is 588. The van der Waals surface area contributed by atoms with Crippen LogP contribution in [0.4, 0.5) is 17.1 Å². The summed E-state index contributed by atoms with van der Waals surface area (Å²) in [5.74, 6) is 1.56. The van der Waals surface area contributed by atoms with Gasteiger partial charge in [0.2, 0.25) is 0 Å². The molecule has 0 atom stereocenters. The predicted octanol–water partition coefficient (Wildman–Crippen LogP) is 5.57. The number of nitrogens with one attached hydrogen (secondary N) is 1. The van der Waals surface area contributed by atoms with E-state index >= 15 is 0 Å². The van der Waals surface area contributed by atoms with Gasteiger partial charge in [-0.1, -0.05) is 37.0 Å². The van der Waals surface area contributed by atoms with E-state index < -0.39 is 0 Å². The molecule has 1 aliphatic carbocycles. The van der Waals surface area contributed by atoms with Crippen molar-refractivity contribution in [2.24, 2.45) is 20.6 Å². The number of anilines is 1. The Hall–Kier alpha value is -0.580. The summed E-state index contributed by atoms with van der Waals surface area (Å²) >= 11 is 13.6. The van der Waals surface area contributed by atoms with Gasteiger partial charge in [-0.25, -0.2) is 0 Å². The second-order valence-corrected chi connectivity index (χ2v) is 6.84. The van der Waals surface area contributed by atoms with Crippen LogP contribution in [0.2, 0.25) is 10.0 Å². The molecule has 1 N–H and O–H groups in total. The zero-order chi connectivity index (χ0) is 13.6. The maximum absolute atomic E-state index is 6.28. The van der Waals surface area contributed by atoms with Gasteiger partial charge in [0.1, 0.15) is 11.4 Å². The molecule has 1 aromatic carbocycles. The first-order valence-corrected chi connectivity index (χ1v) is 7.91. The first-order valence-electron chi connectivity index (χ1n) is 6.43. The van der Waals surface area contributed by atoms with Crippen LogP contribution in [0, 0.1) is 11.8 Å². The van der Waals surface area contributed by atoms with Crippen molar-refractivity contribution in [2.45, 2.75) is 32.7 Å². The van der Waals surface area contributed by atoms with Gasteiger partial charge in [-0.05, 0) is 30.7 Å². The number of halogens is 2. The fraction of sp³-hybridized carbons (Fsp3) is 0.538. The van der Waals surface area contributed by atoms with Crippen LogP contribution in [0.15, 0.2) is 14.8 Å². The number of hydrogen-bond acceptors (Lipinski definition) is 3. The van der Waals surface area contributed by atoms with Crippen LogP contribution in [0.5, 0.6) is 0 Å². The molecule has 0 radical (unpaired) electrons. The number of rotatable bonds is 3. The molecule has 19 heavy (non-hydrogen) atoms. The van der Waals surface area contributed by atoms with Gasteiger partial charge < -0.3 is 5.32 Å². The normalized spacial score (nSPS) is 24.1. The number of fused-ring (bicyclic) bond motifs is 1. The third-order valence-electron chi connectivity index (χ3n) is 3.91. The van der Waals surface area contributed by atoms with Crippen LogP contribution in [-0.4, -0.2) is 6.04 Å². The minimum atomic E-state index is 0.482. The summed E-state index contributed by atoms with van der Waals surface area (Å²) in [6.07, 6.45) is 2.38. The van der Waals surface area contributed by atoms with Crippen molar-refractivity contribution in [2.75, 3.05) is 5.32 Å². The highest BCUT2D eigenvalue weighted by atomic mass is 35.5. The zero-order valence-electron chi connectivity index (χ0n) is 10.8. The average Bonchev–Trinajstić information content (AvgIpc) is 2.74. The van der Waals surface area contributed by atoms with Gasteiger partial charge in [0.25, 0.3) is 0 Å². The van der Waals surface area contributed by atoms with Gasteiger partial charge in [-0.2, -0.15) is 8.73 Å². The maximum Gasteiger partial charge on any atom is 0.130 e. The quantitative estimate of drug-likeness (QED) is 0.790. The van der Waals surface area contributed by atoms with Crippen LogP contribution < -0.4 is 5.32 Å². The molecule has 3 rings (SSSR count). The van der Waals surface area contributed by atoms with E-state index in [-0.39, 0.29) is 0 Å². The van der Waals surface area contributed by atoms with Gasteiger partial charge in [-0.15, -0.1) is 0 Å². The Morgan fingerprint density at radius 2 is 1.89 bits per heavy atom. The summed E-state index contributed by atoms with van der Waals surface area (Å²) in [5, 5.41) is 4.69. The fourth-order valence-corrected chi connectivity index (χ4v) is 3.71. The zero-order valence-corrected chi connectivity index (χ0v) is 13.1. The van der Waals surface area contributed by atoms with E-state index in [1.165, 1.54) is 12.8 Å². The summed E-state index contributed by atoms with van der Waals surface area (Å²) in [4.78, 5) is 0. The van der Waals surface area contributed by atoms with Crippen LogP contribution in [0.3, 0.4) is 0 Å². The molecular formula is C13H15Cl2N3S. The van der Waals surface area contributed by atoms with Crippen molar-refractivity contribution >= 4 is 51.6 Å². The number of nitrogens with zero attached hydrogens (tertiary/aromatic N) is 2. The minimum absolute atomic E-state index is 0.482. The van der Waals surface area contributed by atoms with Crippen molar-refractivity contribution in [3.63, 3.8) is 0 Å². The van der Waals surface area contributed by atoms with E-state index in [1.807, 2.05) is 0 Å². The Balaban J connectivity index is 1.80. The summed E-state index contributed by atoms with van der Waals surface area (Å²) in [6.45, 7) is 4.55. The fourth-order valence-electron chi connectivity index (χ4n) is 2.54. The molecule has 6 heteroatoms. The highest BCUT2D eigenvalue weighted by Crippen LogP contribution is 2.49. The van der Waals surface area contributed by atoms with Gasteiger partial charge in [0.05, 0.1) is 27.1 Å². The molecule has 0 spiro atoms. The van der Waals surface area contributed by atoms with Gasteiger partial charge in [-0.3, -0.25) is 0 Å². The van der Waals surface area contributed by atoms with Crippen LogP contribution in [-0.2, 0) is 11.4 Å². The predicted molar refractivity (Wildman–Crippen MR) is 83.0 cm³/mol. The lowest BCUT2D eigenvalue weighted by Gasteiger charge is -2.39. The molecule has 0 unspecified atom stereocenters. The number of hydrogen-bond donors (Lipinski definition) is 1. The van der Waals surface area contributed by atoms with E-state index in [4.69, 9.17) is 23.2 Å². The monoisotopic (exact) mass is 315 g/mol. The molecule has 1 aromatic rings. The molecule has 0 amide bonds. The largest absolute Gasteiger partial charge is 0.379 e. The molecule has 3 nitrogen and oxygen atoms in total. The second kappa shape index (κ2) is 5.08. The minimum Gasteiger partial charge on any atom is -0.379 e. The highest BCUT2D eigenvalue weighted by Gasteiger charge is 2.32. The lowest BCUT2D eigenvalue weighted by molar-refractivity contribution is 0.212. The summed E-state index contributed by atoms with van der Waals surface area (Å²) in [6, 6.07) is 2.23. The summed E-state index contributed by atoms with van der Waals surface area (Å²) in [5.41, 5.74) is 2.40. The summed E-state index contributed by atoms with van der Waals surface area (Å²) in [7, 11) is 0. The van der Waals surface area contributed by atoms with E-state index in [9.17, 15) is 0 Å². The molecule has 1 heterocycles. The molecular weight excluding hydrogens is 301 g/mol. The lowest BCUT2D eigenvalue weighted by atomic mass is 9.73. The highest BCUT2D eigenvalue weighted by molar-refractivity contribution is 7.58. The third kappa shape index (κ3) is 2.41. The van der Waals surface area contributed by atoms with Crippen LogP contribution in [0.1, 0.15) is 26.7 Å². The topological polar surface area (TPSA) is 36.8 Å². The molecule has 0 aromatic heterocycles. The van der Waals surface area contributed by atoms with Gasteiger partial charge in [0.15, 0.2) is 0 Å². The van der Waals surface area contributed by atoms with Crippen molar-refractivity contribution in [1.82, 2.24) is 0 Å². The van der Waals surface area contributed by atoms with E-state index in [0.29, 0.717) is 16.1 Å². The van der Waals surface area contributed by atoms with Crippen LogP contribution >= 0.6 is 23.2 Å². The van der Waals surface area contributed by atoms with Gasteiger partial charge >= 0.3 is 0 Å². The first-order chi connectivity index (χ1) is 9.06. The molecule has 1 saturated carbocycles. The molecule has 1 aliphatic heterocycles. The van der Waals surface area contributed by atoms with E-state index in [1.54, 1.807) is 6.07 Å². The summed E-state index contributed by atoms with van der Waals surface area (Å²) < 4.78 is 8.52. The Morgan fingerprint density at radius 3 is 2.58 bits per heavy atom. The maximum atomic E-state index is 6.28. The molecule has 0 bridgehead atoms. The average molecular weight is 316 g/mol. The van der Waals surface area contributed by atoms with E-state index in [0.717, 1.165) is 40.3 Å². The van der Waals surface area contributed by atoms with Crippen molar-refractivity contribution in [3.05, 3.63) is 16.1 Å². The van der Waals surface area contributed by atoms with Crippen molar-refractivity contribution < 1.29 is 0 Å². The van der Waals surface area contributed by atoms with E-state index in [2.05, 4.69) is 27.9 Å². The third-order valence-corrected chi connectivity index (χ3v) is 5.02. The van der Waals surface area contributed by atoms with Gasteiger partial charge in [0, 0.05) is 6.04 Å². The Morgan fingerprint density at radius 1 is 1.21 bits per heavy atom.